The van der Waals surface area contributed by atoms with Gasteiger partial charge in [0.1, 0.15) is 0 Å². The second-order valence-electron chi connectivity index (χ2n) is 3.15. The van der Waals surface area contributed by atoms with E-state index in [-0.39, 0.29) is 12.4 Å². The van der Waals surface area contributed by atoms with Gasteiger partial charge in [0, 0.05) is 6.42 Å². The minimum absolute atomic E-state index is 0.236. The van der Waals surface area contributed by atoms with Crippen molar-refractivity contribution in [1.82, 2.24) is 0 Å². The van der Waals surface area contributed by atoms with Crippen molar-refractivity contribution in [1.29, 1.82) is 0 Å². The fraction of sp³-hybridized carbons (Fsp3) is 0.300. The highest BCUT2D eigenvalue weighted by molar-refractivity contribution is 6.59. The molecule has 0 atom stereocenters. The van der Waals surface area contributed by atoms with E-state index in [1.165, 1.54) is 7.11 Å². The van der Waals surface area contributed by atoms with Gasteiger partial charge in [-0.15, -0.1) is 0 Å². The molecule has 0 aromatic heterocycles. The van der Waals surface area contributed by atoms with Crippen molar-refractivity contribution in [3.05, 3.63) is 29.8 Å². The van der Waals surface area contributed by atoms with E-state index in [1.54, 1.807) is 24.3 Å². The third kappa shape index (κ3) is 3.38. The Hall–Kier alpha value is -1.33. The summed E-state index contributed by atoms with van der Waals surface area (Å²) in [5.41, 5.74) is 1.18. The number of carbonyl (C=O) groups is 1. The lowest BCUT2D eigenvalue weighted by Gasteiger charge is -2.07. The molecule has 0 amide bonds. The normalized spacial score (nSPS) is 9.80. The lowest BCUT2D eigenvalue weighted by Crippen LogP contribution is -2.33. The number of ether oxygens (including phenoxy) is 1. The Kier molecular flexibility index (Phi) is 4.33. The number of aryl methyl sites for hydroxylation is 1. The molecule has 0 spiro atoms. The van der Waals surface area contributed by atoms with E-state index in [0.29, 0.717) is 11.9 Å². The molecule has 0 unspecified atom stereocenters. The van der Waals surface area contributed by atoms with Crippen LogP contribution in [0.1, 0.15) is 12.0 Å². The fourth-order valence-corrected chi connectivity index (χ4v) is 1.35. The van der Waals surface area contributed by atoms with E-state index in [1.807, 2.05) is 0 Å². The van der Waals surface area contributed by atoms with Gasteiger partial charge in [-0.3, -0.25) is 4.79 Å². The van der Waals surface area contributed by atoms with Gasteiger partial charge in [-0.25, -0.2) is 0 Å². The highest BCUT2D eigenvalue weighted by Crippen LogP contribution is 2.02. The third-order valence-electron chi connectivity index (χ3n) is 2.16. The maximum absolute atomic E-state index is 10.9. The van der Waals surface area contributed by atoms with Gasteiger partial charge in [-0.1, -0.05) is 24.3 Å². The molecule has 1 aromatic carbocycles. The van der Waals surface area contributed by atoms with E-state index < -0.39 is 7.12 Å². The number of hydrogen-bond acceptors (Lipinski definition) is 4. The molecule has 0 radical (unpaired) electrons. The second-order valence-corrected chi connectivity index (χ2v) is 3.15. The largest absolute Gasteiger partial charge is 0.488 e. The molecule has 0 saturated heterocycles. The zero-order valence-corrected chi connectivity index (χ0v) is 8.51. The van der Waals surface area contributed by atoms with E-state index >= 15 is 0 Å². The molecule has 1 aromatic rings. The monoisotopic (exact) mass is 208 g/mol. The van der Waals surface area contributed by atoms with Gasteiger partial charge < -0.3 is 14.8 Å². The summed E-state index contributed by atoms with van der Waals surface area (Å²) in [4.78, 5) is 10.9. The lowest BCUT2D eigenvalue weighted by atomic mass is 9.76. The van der Waals surface area contributed by atoms with Gasteiger partial charge in [0.25, 0.3) is 0 Å². The molecule has 0 aliphatic carbocycles. The molecule has 0 aliphatic heterocycles. The van der Waals surface area contributed by atoms with E-state index in [9.17, 15) is 4.79 Å². The molecule has 0 heterocycles. The average molecular weight is 208 g/mol. The first kappa shape index (κ1) is 11.7. The fourth-order valence-electron chi connectivity index (χ4n) is 1.35. The van der Waals surface area contributed by atoms with Crippen LogP contribution in [-0.2, 0) is 16.0 Å². The number of rotatable bonds is 4. The Bertz CT molecular complexity index is 338. The summed E-state index contributed by atoms with van der Waals surface area (Å²) in [6, 6.07) is 6.89. The van der Waals surface area contributed by atoms with Gasteiger partial charge in [0.05, 0.1) is 7.11 Å². The summed E-state index contributed by atoms with van der Waals surface area (Å²) in [6.07, 6.45) is 0.681. The van der Waals surface area contributed by atoms with Crippen molar-refractivity contribution in [2.45, 2.75) is 12.8 Å². The summed E-state index contributed by atoms with van der Waals surface area (Å²) >= 11 is 0. The predicted molar refractivity (Wildman–Crippen MR) is 56.6 cm³/mol. The van der Waals surface area contributed by atoms with E-state index in [2.05, 4.69) is 4.74 Å². The number of methoxy groups -OCH3 is 1. The molecule has 4 nitrogen and oxygen atoms in total. The number of hydrogen-bond donors (Lipinski definition) is 2. The van der Waals surface area contributed by atoms with Crippen molar-refractivity contribution >= 4 is 18.6 Å². The van der Waals surface area contributed by atoms with Crippen LogP contribution in [0.25, 0.3) is 0 Å². The third-order valence-corrected chi connectivity index (χ3v) is 2.16. The van der Waals surface area contributed by atoms with Crippen LogP contribution in [0.5, 0.6) is 0 Å². The standard InChI is InChI=1S/C10H13BO4/c1-15-10(12)7-6-8-4-2-3-5-9(8)11(13)14/h2-5,13-14H,6-7H2,1H3. The number of carbonyl (C=O) groups excluding carboxylic acids is 1. The summed E-state index contributed by atoms with van der Waals surface area (Å²) < 4.78 is 4.51. The molecular weight excluding hydrogens is 195 g/mol. The van der Waals surface area contributed by atoms with Gasteiger partial charge >= 0.3 is 13.1 Å². The second kappa shape index (κ2) is 5.53. The number of esters is 1. The quantitative estimate of drug-likeness (QED) is 0.515. The maximum Gasteiger partial charge on any atom is 0.488 e. The summed E-state index contributed by atoms with van der Waals surface area (Å²) in [5, 5.41) is 18.1. The van der Waals surface area contributed by atoms with Crippen molar-refractivity contribution < 1.29 is 19.6 Å². The van der Waals surface area contributed by atoms with Crippen LogP contribution >= 0.6 is 0 Å². The van der Waals surface area contributed by atoms with E-state index in [4.69, 9.17) is 10.0 Å². The molecular formula is C10H13BO4. The SMILES string of the molecule is COC(=O)CCc1ccccc1B(O)O. The molecule has 0 fully saturated rings. The van der Waals surface area contributed by atoms with Gasteiger partial charge in [-0.2, -0.15) is 0 Å². The minimum atomic E-state index is -1.50. The van der Waals surface area contributed by atoms with Crippen molar-refractivity contribution in [3.63, 3.8) is 0 Å². The molecule has 0 saturated carbocycles. The molecule has 15 heavy (non-hydrogen) atoms. The van der Waals surface area contributed by atoms with Crippen molar-refractivity contribution in [2.75, 3.05) is 7.11 Å². The highest BCUT2D eigenvalue weighted by Gasteiger charge is 2.15. The van der Waals surface area contributed by atoms with Crippen LogP contribution in [0.15, 0.2) is 24.3 Å². The zero-order chi connectivity index (χ0) is 11.3. The van der Waals surface area contributed by atoms with Crippen LogP contribution in [0.4, 0.5) is 0 Å². The van der Waals surface area contributed by atoms with Crippen LogP contribution in [-0.4, -0.2) is 30.2 Å². The first-order valence-corrected chi connectivity index (χ1v) is 4.66. The van der Waals surface area contributed by atoms with Crippen LogP contribution in [0.3, 0.4) is 0 Å². The smallest absolute Gasteiger partial charge is 0.469 e. The summed E-state index contributed by atoms with van der Waals surface area (Å²) in [5.74, 6) is -0.308. The molecule has 80 valence electrons. The minimum Gasteiger partial charge on any atom is -0.469 e. The zero-order valence-electron chi connectivity index (χ0n) is 8.51. The topological polar surface area (TPSA) is 66.8 Å². The summed E-state index contributed by atoms with van der Waals surface area (Å²) in [7, 11) is -0.173. The predicted octanol–water partition coefficient (Wildman–Crippen LogP) is -0.528. The lowest BCUT2D eigenvalue weighted by molar-refractivity contribution is -0.140. The maximum atomic E-state index is 10.9. The molecule has 5 heteroatoms. The Morgan fingerprint density at radius 1 is 1.40 bits per heavy atom. The Labute approximate surface area is 88.6 Å². The average Bonchev–Trinajstić information content (AvgIpc) is 2.26. The number of benzene rings is 1. The molecule has 0 aliphatic rings. The Balaban J connectivity index is 2.71. The van der Waals surface area contributed by atoms with Crippen LogP contribution < -0.4 is 5.46 Å². The van der Waals surface area contributed by atoms with Gasteiger partial charge in [0.15, 0.2) is 0 Å². The first-order valence-electron chi connectivity index (χ1n) is 4.66. The molecule has 0 bridgehead atoms. The summed E-state index contributed by atoms with van der Waals surface area (Å²) in [6.45, 7) is 0. The highest BCUT2D eigenvalue weighted by atomic mass is 16.5. The van der Waals surface area contributed by atoms with Gasteiger partial charge in [0.2, 0.25) is 0 Å². The molecule has 1 rings (SSSR count). The van der Waals surface area contributed by atoms with Gasteiger partial charge in [-0.05, 0) is 17.4 Å². The van der Waals surface area contributed by atoms with Crippen molar-refractivity contribution in [3.8, 4) is 0 Å². The van der Waals surface area contributed by atoms with E-state index in [0.717, 1.165) is 5.56 Å². The molecule has 2 N–H and O–H groups in total. The Morgan fingerprint density at radius 2 is 2.07 bits per heavy atom. The Morgan fingerprint density at radius 3 is 2.67 bits per heavy atom. The van der Waals surface area contributed by atoms with Crippen LogP contribution in [0.2, 0.25) is 0 Å². The van der Waals surface area contributed by atoms with Crippen LogP contribution in [0, 0.1) is 0 Å². The first-order chi connectivity index (χ1) is 7.15. The van der Waals surface area contributed by atoms with Crippen molar-refractivity contribution in [2.24, 2.45) is 0 Å².